The molecule has 2 fully saturated rings. The Kier molecular flexibility index (Phi) is 6.53. The van der Waals surface area contributed by atoms with Crippen molar-refractivity contribution in [2.24, 2.45) is 17.6 Å². The first kappa shape index (κ1) is 18.7. The first-order valence-electron chi connectivity index (χ1n) is 10.1. The van der Waals surface area contributed by atoms with Crippen molar-refractivity contribution in [1.29, 1.82) is 0 Å². The summed E-state index contributed by atoms with van der Waals surface area (Å²) >= 11 is 0. The van der Waals surface area contributed by atoms with E-state index in [2.05, 4.69) is 10.2 Å². The van der Waals surface area contributed by atoms with Crippen LogP contribution in [0.5, 0.6) is 0 Å². The van der Waals surface area contributed by atoms with Crippen molar-refractivity contribution >= 4 is 23.2 Å². The number of piperidine rings is 1. The third kappa shape index (κ3) is 5.23. The highest BCUT2D eigenvalue weighted by molar-refractivity contribution is 5.90. The van der Waals surface area contributed by atoms with Crippen LogP contribution in [0.25, 0.3) is 0 Å². The van der Waals surface area contributed by atoms with Crippen LogP contribution in [0, 0.1) is 11.8 Å². The predicted molar refractivity (Wildman–Crippen MR) is 105 cm³/mol. The number of nitrogens with two attached hydrogens (primary N) is 1. The second-order valence-electron chi connectivity index (χ2n) is 7.80. The van der Waals surface area contributed by atoms with E-state index in [0.29, 0.717) is 6.42 Å². The van der Waals surface area contributed by atoms with Gasteiger partial charge in [-0.05, 0) is 49.4 Å². The van der Waals surface area contributed by atoms with Crippen LogP contribution in [0.3, 0.4) is 0 Å². The number of amides is 2. The molecular formula is C21H31N3O2. The van der Waals surface area contributed by atoms with Gasteiger partial charge in [0.2, 0.25) is 11.8 Å². The van der Waals surface area contributed by atoms with Gasteiger partial charge >= 0.3 is 0 Å². The number of rotatable bonds is 6. The number of nitrogens with one attached hydrogen (secondary N) is 1. The molecule has 0 spiro atoms. The van der Waals surface area contributed by atoms with Gasteiger partial charge in [0.25, 0.3) is 0 Å². The average Bonchev–Trinajstić information content (AvgIpc) is 2.68. The van der Waals surface area contributed by atoms with Gasteiger partial charge in [-0.1, -0.05) is 32.1 Å². The van der Waals surface area contributed by atoms with Crippen molar-refractivity contribution in [1.82, 2.24) is 0 Å². The molecule has 1 aliphatic heterocycles. The molecule has 0 aromatic heterocycles. The zero-order chi connectivity index (χ0) is 18.4. The number of anilines is 2. The van der Waals surface area contributed by atoms with Crippen LogP contribution in [-0.4, -0.2) is 24.9 Å². The van der Waals surface area contributed by atoms with Gasteiger partial charge in [0, 0.05) is 36.8 Å². The lowest BCUT2D eigenvalue weighted by Gasteiger charge is -2.32. The molecule has 1 saturated carbocycles. The summed E-state index contributed by atoms with van der Waals surface area (Å²) in [6.07, 6.45) is 9.84. The van der Waals surface area contributed by atoms with E-state index in [1.54, 1.807) is 0 Å². The highest BCUT2D eigenvalue weighted by atomic mass is 16.2. The van der Waals surface area contributed by atoms with Crippen LogP contribution < -0.4 is 16.0 Å². The van der Waals surface area contributed by atoms with Crippen molar-refractivity contribution in [2.75, 3.05) is 23.3 Å². The quantitative estimate of drug-likeness (QED) is 0.815. The lowest BCUT2D eigenvalue weighted by Crippen LogP contribution is -2.38. The fourth-order valence-electron chi connectivity index (χ4n) is 4.21. The van der Waals surface area contributed by atoms with Gasteiger partial charge in [0.05, 0.1) is 0 Å². The van der Waals surface area contributed by atoms with Gasteiger partial charge in [0.15, 0.2) is 0 Å². The summed E-state index contributed by atoms with van der Waals surface area (Å²) in [7, 11) is 0. The Morgan fingerprint density at radius 3 is 2.27 bits per heavy atom. The third-order valence-electron chi connectivity index (χ3n) is 5.92. The van der Waals surface area contributed by atoms with Crippen LogP contribution in [0.1, 0.15) is 57.8 Å². The summed E-state index contributed by atoms with van der Waals surface area (Å²) in [5.74, 6) is 0.677. The van der Waals surface area contributed by atoms with E-state index in [9.17, 15) is 9.59 Å². The fraction of sp³-hybridized carbons (Fsp3) is 0.619. The minimum Gasteiger partial charge on any atom is -0.371 e. The number of nitrogens with zero attached hydrogens (tertiary/aromatic N) is 1. The molecule has 3 N–H and O–H groups in total. The lowest BCUT2D eigenvalue weighted by atomic mass is 9.86. The second kappa shape index (κ2) is 9.06. The molecule has 2 aliphatic rings. The van der Waals surface area contributed by atoms with Crippen LogP contribution in [0.15, 0.2) is 24.3 Å². The maximum Gasteiger partial charge on any atom is 0.224 e. The Balaban J connectivity index is 1.44. The molecule has 0 atom stereocenters. The summed E-state index contributed by atoms with van der Waals surface area (Å²) in [5.41, 5.74) is 7.38. The number of carbonyl (C=O) groups excluding carboxylic acids is 2. The minimum absolute atomic E-state index is 0.00831. The van der Waals surface area contributed by atoms with Gasteiger partial charge in [-0.3, -0.25) is 9.59 Å². The van der Waals surface area contributed by atoms with Crippen molar-refractivity contribution in [3.05, 3.63) is 24.3 Å². The van der Waals surface area contributed by atoms with Crippen molar-refractivity contribution in [3.8, 4) is 0 Å². The van der Waals surface area contributed by atoms with E-state index in [1.807, 2.05) is 24.3 Å². The summed E-state index contributed by atoms with van der Waals surface area (Å²) in [5, 5.41) is 3.01. The maximum atomic E-state index is 12.2. The number of carbonyl (C=O) groups is 2. The molecule has 142 valence electrons. The second-order valence-corrected chi connectivity index (χ2v) is 7.80. The SMILES string of the molecule is NC(=O)C1CCN(c2ccc(NC(=O)CCC3CCCCC3)cc2)CC1. The van der Waals surface area contributed by atoms with Crippen LogP contribution in [0.4, 0.5) is 11.4 Å². The van der Waals surface area contributed by atoms with E-state index in [-0.39, 0.29) is 17.7 Å². The first-order valence-corrected chi connectivity index (χ1v) is 10.1. The van der Waals surface area contributed by atoms with Gasteiger partial charge < -0.3 is 16.0 Å². The predicted octanol–water partition coefficient (Wildman–Crippen LogP) is 3.69. The molecule has 1 aromatic rings. The monoisotopic (exact) mass is 357 g/mol. The molecule has 1 aliphatic carbocycles. The first-order chi connectivity index (χ1) is 12.6. The molecule has 3 rings (SSSR count). The average molecular weight is 357 g/mol. The topological polar surface area (TPSA) is 75.4 Å². The standard InChI is InChI=1S/C21H31N3O2/c22-21(26)17-12-14-24(15-13-17)19-9-7-18(8-10-19)23-20(25)11-6-16-4-2-1-3-5-16/h7-10,16-17H,1-6,11-15H2,(H2,22,26)(H,23,25). The van der Waals surface area contributed by atoms with Crippen molar-refractivity contribution in [3.63, 3.8) is 0 Å². The van der Waals surface area contributed by atoms with Crippen molar-refractivity contribution in [2.45, 2.75) is 57.8 Å². The molecule has 1 saturated heterocycles. The van der Waals surface area contributed by atoms with E-state index < -0.39 is 0 Å². The van der Waals surface area contributed by atoms with Crippen LogP contribution in [0.2, 0.25) is 0 Å². The molecular weight excluding hydrogens is 326 g/mol. The summed E-state index contributed by atoms with van der Waals surface area (Å²) < 4.78 is 0. The number of hydrogen-bond donors (Lipinski definition) is 2. The van der Waals surface area contributed by atoms with E-state index >= 15 is 0 Å². The van der Waals surface area contributed by atoms with Gasteiger partial charge in [0.1, 0.15) is 0 Å². The molecule has 2 amide bonds. The summed E-state index contributed by atoms with van der Waals surface area (Å²) in [4.78, 5) is 25.7. The molecule has 5 heteroatoms. The normalized spacial score (nSPS) is 19.3. The Labute approximate surface area is 156 Å². The van der Waals surface area contributed by atoms with Gasteiger partial charge in [-0.25, -0.2) is 0 Å². The molecule has 0 bridgehead atoms. The third-order valence-corrected chi connectivity index (χ3v) is 5.92. The highest BCUT2D eigenvalue weighted by Crippen LogP contribution is 2.28. The molecule has 0 unspecified atom stereocenters. The molecule has 0 radical (unpaired) electrons. The van der Waals surface area contributed by atoms with E-state index in [0.717, 1.165) is 49.6 Å². The molecule has 26 heavy (non-hydrogen) atoms. The summed E-state index contributed by atoms with van der Waals surface area (Å²) in [6, 6.07) is 8.02. The van der Waals surface area contributed by atoms with Crippen LogP contribution in [-0.2, 0) is 9.59 Å². The molecule has 1 heterocycles. The van der Waals surface area contributed by atoms with E-state index in [4.69, 9.17) is 5.73 Å². The zero-order valence-corrected chi connectivity index (χ0v) is 15.6. The van der Waals surface area contributed by atoms with Gasteiger partial charge in [-0.15, -0.1) is 0 Å². The Hall–Kier alpha value is -2.04. The minimum atomic E-state index is -0.184. The van der Waals surface area contributed by atoms with Crippen molar-refractivity contribution < 1.29 is 9.59 Å². The van der Waals surface area contributed by atoms with E-state index in [1.165, 1.54) is 32.1 Å². The number of hydrogen-bond acceptors (Lipinski definition) is 3. The largest absolute Gasteiger partial charge is 0.371 e. The lowest BCUT2D eigenvalue weighted by molar-refractivity contribution is -0.122. The van der Waals surface area contributed by atoms with Gasteiger partial charge in [-0.2, -0.15) is 0 Å². The Bertz CT molecular complexity index is 600. The molecule has 5 nitrogen and oxygen atoms in total. The molecule has 1 aromatic carbocycles. The highest BCUT2D eigenvalue weighted by Gasteiger charge is 2.23. The smallest absolute Gasteiger partial charge is 0.224 e. The fourth-order valence-corrected chi connectivity index (χ4v) is 4.21. The summed E-state index contributed by atoms with van der Waals surface area (Å²) in [6.45, 7) is 1.70. The maximum absolute atomic E-state index is 12.2. The Morgan fingerprint density at radius 2 is 1.65 bits per heavy atom. The van der Waals surface area contributed by atoms with Crippen LogP contribution >= 0.6 is 0 Å². The number of primary amides is 1. The zero-order valence-electron chi connectivity index (χ0n) is 15.6. The number of benzene rings is 1. The Morgan fingerprint density at radius 1 is 1.00 bits per heavy atom.